The van der Waals surface area contributed by atoms with Gasteiger partial charge in [-0.3, -0.25) is 9.59 Å². The molecule has 2 aromatic carbocycles. The summed E-state index contributed by atoms with van der Waals surface area (Å²) in [6.45, 7) is 17.7. The van der Waals surface area contributed by atoms with Gasteiger partial charge in [0.1, 0.15) is 23.4 Å². The molecule has 2 unspecified atom stereocenters. The molecule has 0 aliphatic rings. The number of nitrogens with zero attached hydrogens (tertiary/aromatic N) is 1. The van der Waals surface area contributed by atoms with Gasteiger partial charge in [0, 0.05) is 18.5 Å². The fourth-order valence-corrected chi connectivity index (χ4v) is 4.95. The minimum atomic E-state index is -1.03. The number of benzene rings is 2. The second kappa shape index (κ2) is 15.1. The van der Waals surface area contributed by atoms with Crippen LogP contribution in [0.1, 0.15) is 102 Å². The molecule has 8 heteroatoms. The van der Waals surface area contributed by atoms with Gasteiger partial charge in [0.05, 0.1) is 0 Å². The van der Waals surface area contributed by atoms with Gasteiger partial charge in [-0.15, -0.1) is 0 Å². The Morgan fingerprint density at radius 3 is 2.05 bits per heavy atom. The van der Waals surface area contributed by atoms with E-state index in [2.05, 4.69) is 17.6 Å². The van der Waals surface area contributed by atoms with Crippen LogP contribution in [-0.4, -0.2) is 51.6 Å². The zero-order valence-electron chi connectivity index (χ0n) is 27.0. The summed E-state index contributed by atoms with van der Waals surface area (Å²) in [6, 6.07) is 10.4. The molecule has 0 saturated carbocycles. The molecule has 0 bridgehead atoms. The largest absolute Gasteiger partial charge is 0.508 e. The third kappa shape index (κ3) is 9.78. The first-order chi connectivity index (χ1) is 19.6. The van der Waals surface area contributed by atoms with E-state index < -0.39 is 35.2 Å². The molecule has 232 valence electrons. The number of carbonyl (C=O) groups is 3. The predicted molar refractivity (Wildman–Crippen MR) is 167 cm³/mol. The number of amides is 3. The average Bonchev–Trinajstić information content (AvgIpc) is 2.89. The van der Waals surface area contributed by atoms with Crippen molar-refractivity contribution in [3.05, 3.63) is 64.7 Å². The summed E-state index contributed by atoms with van der Waals surface area (Å²) in [5, 5.41) is 15.7. The molecule has 3 amide bonds. The van der Waals surface area contributed by atoms with E-state index >= 15 is 0 Å². The predicted octanol–water partition coefficient (Wildman–Crippen LogP) is 6.51. The zero-order valence-corrected chi connectivity index (χ0v) is 27.0. The highest BCUT2D eigenvalue weighted by molar-refractivity contribution is 5.93. The molecule has 42 heavy (non-hydrogen) atoms. The normalized spacial score (nSPS) is 13.2. The van der Waals surface area contributed by atoms with Crippen LogP contribution in [0.5, 0.6) is 5.75 Å². The van der Waals surface area contributed by atoms with Gasteiger partial charge in [0.25, 0.3) is 0 Å². The SMILES string of the molecule is CCCCCNC(=O)C(c1c(C)cccc1C)N(C(=O)C(Cc1ccc(O)cc1)NC(=O)OC(C)(C)C)C(C)(C)CC. The van der Waals surface area contributed by atoms with E-state index in [-0.39, 0.29) is 18.1 Å². The third-order valence-electron chi connectivity index (χ3n) is 7.52. The Bertz CT molecular complexity index is 1180. The fourth-order valence-electron chi connectivity index (χ4n) is 4.95. The first-order valence-electron chi connectivity index (χ1n) is 15.1. The highest BCUT2D eigenvalue weighted by Crippen LogP contribution is 2.35. The number of aryl methyl sites for hydroxylation is 2. The van der Waals surface area contributed by atoms with Crippen molar-refractivity contribution in [3.63, 3.8) is 0 Å². The van der Waals surface area contributed by atoms with Gasteiger partial charge in [-0.25, -0.2) is 4.79 Å². The van der Waals surface area contributed by atoms with E-state index in [0.29, 0.717) is 13.0 Å². The van der Waals surface area contributed by atoms with E-state index in [1.165, 1.54) is 0 Å². The van der Waals surface area contributed by atoms with Gasteiger partial charge < -0.3 is 25.4 Å². The lowest BCUT2D eigenvalue weighted by molar-refractivity contribution is -0.149. The van der Waals surface area contributed by atoms with Crippen LogP contribution in [0.2, 0.25) is 0 Å². The third-order valence-corrected chi connectivity index (χ3v) is 7.52. The van der Waals surface area contributed by atoms with Crippen molar-refractivity contribution in [2.75, 3.05) is 6.54 Å². The zero-order chi connectivity index (χ0) is 31.7. The van der Waals surface area contributed by atoms with Crippen LogP contribution in [0, 0.1) is 13.8 Å². The molecule has 2 atom stereocenters. The lowest BCUT2D eigenvalue weighted by Crippen LogP contribution is -2.60. The summed E-state index contributed by atoms with van der Waals surface area (Å²) in [5.41, 5.74) is 1.81. The van der Waals surface area contributed by atoms with Crippen molar-refractivity contribution < 1.29 is 24.2 Å². The van der Waals surface area contributed by atoms with E-state index in [0.717, 1.165) is 41.5 Å². The number of phenolic OH excluding ortho intramolecular Hbond substituents is 1. The molecule has 0 heterocycles. The summed E-state index contributed by atoms with van der Waals surface area (Å²) in [5.74, 6) is -0.540. The van der Waals surface area contributed by atoms with Crippen LogP contribution in [-0.2, 0) is 20.7 Å². The van der Waals surface area contributed by atoms with E-state index in [1.807, 2.05) is 52.8 Å². The van der Waals surface area contributed by atoms with Crippen molar-refractivity contribution in [3.8, 4) is 5.75 Å². The Morgan fingerprint density at radius 1 is 0.929 bits per heavy atom. The summed E-state index contributed by atoms with van der Waals surface area (Å²) >= 11 is 0. The molecule has 0 saturated heterocycles. The Kier molecular flexibility index (Phi) is 12.4. The number of carbonyl (C=O) groups excluding carboxylic acids is 3. The van der Waals surface area contributed by atoms with Crippen LogP contribution in [0.4, 0.5) is 4.79 Å². The topological polar surface area (TPSA) is 108 Å². The van der Waals surface area contributed by atoms with E-state index in [4.69, 9.17) is 4.74 Å². The van der Waals surface area contributed by atoms with E-state index in [1.54, 1.807) is 49.9 Å². The molecule has 0 aliphatic carbocycles. The number of hydrogen-bond acceptors (Lipinski definition) is 5. The van der Waals surface area contributed by atoms with Gasteiger partial charge >= 0.3 is 6.09 Å². The summed E-state index contributed by atoms with van der Waals surface area (Å²) < 4.78 is 5.53. The van der Waals surface area contributed by atoms with Crippen molar-refractivity contribution in [1.29, 1.82) is 0 Å². The van der Waals surface area contributed by atoms with Crippen LogP contribution >= 0.6 is 0 Å². The Morgan fingerprint density at radius 2 is 1.52 bits per heavy atom. The van der Waals surface area contributed by atoms with Crippen LogP contribution in [0.15, 0.2) is 42.5 Å². The van der Waals surface area contributed by atoms with Gasteiger partial charge in [-0.1, -0.05) is 57.0 Å². The minimum Gasteiger partial charge on any atom is -0.508 e. The molecule has 3 N–H and O–H groups in total. The van der Waals surface area contributed by atoms with Gasteiger partial charge in [0.2, 0.25) is 11.8 Å². The quantitative estimate of drug-likeness (QED) is 0.234. The number of aromatic hydroxyl groups is 1. The maximum absolute atomic E-state index is 14.8. The fraction of sp³-hybridized carbons (Fsp3) is 0.559. The van der Waals surface area contributed by atoms with Crippen molar-refractivity contribution >= 4 is 17.9 Å². The monoisotopic (exact) mass is 581 g/mol. The Labute approximate surface area is 252 Å². The first kappa shape index (κ1) is 34.7. The number of nitrogens with one attached hydrogen (secondary N) is 2. The van der Waals surface area contributed by atoms with E-state index in [9.17, 15) is 19.5 Å². The first-order valence-corrected chi connectivity index (χ1v) is 15.1. The highest BCUT2D eigenvalue weighted by Gasteiger charge is 2.44. The van der Waals surface area contributed by atoms with Crippen molar-refractivity contribution in [2.24, 2.45) is 0 Å². The standard InChI is InChI=1S/C34H51N3O5/c1-10-12-13-21-35-30(39)29(28-23(3)15-14-16-24(28)4)37(34(8,9)11-2)31(40)27(36-32(41)42-33(5,6)7)22-25-17-19-26(38)20-18-25/h14-20,27,29,38H,10-13,21-22H2,1-9H3,(H,35,39)(H,36,41). The number of rotatable bonds is 13. The number of unbranched alkanes of at least 4 members (excludes halogenated alkanes) is 2. The van der Waals surface area contributed by atoms with Crippen LogP contribution < -0.4 is 10.6 Å². The molecular weight excluding hydrogens is 530 g/mol. The average molecular weight is 582 g/mol. The number of phenols is 1. The number of hydrogen-bond donors (Lipinski definition) is 3. The smallest absolute Gasteiger partial charge is 0.408 e. The molecule has 0 aromatic heterocycles. The molecule has 0 radical (unpaired) electrons. The molecule has 2 aromatic rings. The van der Waals surface area contributed by atoms with Gasteiger partial charge in [-0.05, 0) is 95.7 Å². The number of alkyl carbamates (subject to hydrolysis) is 1. The maximum atomic E-state index is 14.8. The minimum absolute atomic E-state index is 0.102. The van der Waals surface area contributed by atoms with Crippen molar-refractivity contribution in [1.82, 2.24) is 15.5 Å². The Hall–Kier alpha value is -3.55. The molecule has 0 fully saturated rings. The lowest BCUT2D eigenvalue weighted by Gasteiger charge is -2.45. The van der Waals surface area contributed by atoms with Crippen molar-refractivity contribution in [2.45, 2.75) is 118 Å². The van der Waals surface area contributed by atoms with Gasteiger partial charge in [-0.2, -0.15) is 0 Å². The second-order valence-electron chi connectivity index (χ2n) is 12.6. The second-order valence-corrected chi connectivity index (χ2v) is 12.6. The molecule has 8 nitrogen and oxygen atoms in total. The van der Waals surface area contributed by atoms with Crippen LogP contribution in [0.25, 0.3) is 0 Å². The molecular formula is C34H51N3O5. The summed E-state index contributed by atoms with van der Waals surface area (Å²) in [7, 11) is 0. The lowest BCUT2D eigenvalue weighted by atomic mass is 9.88. The summed E-state index contributed by atoms with van der Waals surface area (Å²) in [6.07, 6.45) is 2.86. The van der Waals surface area contributed by atoms with Gasteiger partial charge in [0.15, 0.2) is 0 Å². The molecule has 0 spiro atoms. The maximum Gasteiger partial charge on any atom is 0.408 e. The molecule has 2 rings (SSSR count). The number of ether oxygens (including phenoxy) is 1. The Balaban J connectivity index is 2.68. The highest BCUT2D eigenvalue weighted by atomic mass is 16.6. The van der Waals surface area contributed by atoms with Crippen LogP contribution in [0.3, 0.4) is 0 Å². The molecule has 0 aliphatic heterocycles. The summed E-state index contributed by atoms with van der Waals surface area (Å²) in [4.78, 5) is 43.5.